The van der Waals surface area contributed by atoms with Gasteiger partial charge in [-0.15, -0.1) is 0 Å². The van der Waals surface area contributed by atoms with Crippen molar-refractivity contribution in [2.45, 2.75) is 20.0 Å². The number of piperazine rings is 1. The quantitative estimate of drug-likeness (QED) is 0.928. The summed E-state index contributed by atoms with van der Waals surface area (Å²) in [5, 5.41) is 9.78. The zero-order valence-electron chi connectivity index (χ0n) is 12.4. The largest absolute Gasteiger partial charge is 0.450 e. The number of aliphatic hydroxyl groups is 1. The highest BCUT2D eigenvalue weighted by atomic mass is 19.1. The number of carbonyl (C=O) groups is 1. The van der Waals surface area contributed by atoms with Gasteiger partial charge in [0.2, 0.25) is 0 Å². The Balaban J connectivity index is 2.09. The van der Waals surface area contributed by atoms with Crippen molar-refractivity contribution in [3.05, 3.63) is 29.6 Å². The third-order valence-corrected chi connectivity index (χ3v) is 3.59. The first-order valence-electron chi connectivity index (χ1n) is 7.17. The van der Waals surface area contributed by atoms with Crippen LogP contribution in [0.3, 0.4) is 0 Å². The van der Waals surface area contributed by atoms with Gasteiger partial charge in [0.15, 0.2) is 0 Å². The van der Waals surface area contributed by atoms with Gasteiger partial charge in [-0.3, -0.25) is 0 Å². The van der Waals surface area contributed by atoms with Crippen molar-refractivity contribution < 1.29 is 19.0 Å². The van der Waals surface area contributed by atoms with E-state index in [9.17, 15) is 14.3 Å². The lowest BCUT2D eigenvalue weighted by atomic mass is 10.1. The predicted molar refractivity (Wildman–Crippen MR) is 77.8 cm³/mol. The average Bonchev–Trinajstić information content (AvgIpc) is 2.47. The van der Waals surface area contributed by atoms with Crippen LogP contribution in [0.15, 0.2) is 18.2 Å². The van der Waals surface area contributed by atoms with E-state index in [4.69, 9.17) is 4.74 Å². The highest BCUT2D eigenvalue weighted by Gasteiger charge is 2.25. The maximum atomic E-state index is 13.9. The molecule has 1 amide bonds. The molecule has 116 valence electrons. The molecule has 0 radical (unpaired) electrons. The smallest absolute Gasteiger partial charge is 0.409 e. The molecule has 1 fully saturated rings. The summed E-state index contributed by atoms with van der Waals surface area (Å²) in [5.74, 6) is -0.407. The van der Waals surface area contributed by atoms with Gasteiger partial charge in [-0.1, -0.05) is 6.07 Å². The third kappa shape index (κ3) is 3.44. The van der Waals surface area contributed by atoms with E-state index in [0.717, 1.165) is 0 Å². The summed E-state index contributed by atoms with van der Waals surface area (Å²) < 4.78 is 18.9. The number of nitrogens with zero attached hydrogens (tertiary/aromatic N) is 2. The van der Waals surface area contributed by atoms with Gasteiger partial charge in [0.05, 0.1) is 12.7 Å². The van der Waals surface area contributed by atoms with Crippen LogP contribution in [0.4, 0.5) is 14.9 Å². The molecule has 0 aromatic heterocycles. The Morgan fingerprint density at radius 2 is 2.05 bits per heavy atom. The van der Waals surface area contributed by atoms with Crippen LogP contribution < -0.4 is 4.90 Å². The molecule has 1 aliphatic heterocycles. The highest BCUT2D eigenvalue weighted by Crippen LogP contribution is 2.29. The number of hydrogen-bond acceptors (Lipinski definition) is 4. The zero-order chi connectivity index (χ0) is 15.4. The molecule has 0 spiro atoms. The standard InChI is InChI=1S/C15H21FN2O3/c1-3-21-15(20)18-9-7-17(8-10-18)13-6-4-5-12(16)14(13)11(2)19/h4-6,11,19H,3,7-10H2,1-2H3. The lowest BCUT2D eigenvalue weighted by Gasteiger charge is -2.36. The van der Waals surface area contributed by atoms with Gasteiger partial charge >= 0.3 is 6.09 Å². The van der Waals surface area contributed by atoms with E-state index in [-0.39, 0.29) is 6.09 Å². The molecule has 5 nitrogen and oxygen atoms in total. The lowest BCUT2D eigenvalue weighted by Crippen LogP contribution is -2.49. The monoisotopic (exact) mass is 296 g/mol. The Morgan fingerprint density at radius 3 is 2.62 bits per heavy atom. The van der Waals surface area contributed by atoms with Crippen molar-refractivity contribution in [3.63, 3.8) is 0 Å². The van der Waals surface area contributed by atoms with Crippen molar-refractivity contribution >= 4 is 11.8 Å². The molecule has 1 aromatic rings. The zero-order valence-corrected chi connectivity index (χ0v) is 12.4. The van der Waals surface area contributed by atoms with Gasteiger partial charge in [0.25, 0.3) is 0 Å². The Bertz CT molecular complexity index is 500. The maximum absolute atomic E-state index is 13.9. The Labute approximate surface area is 123 Å². The second kappa shape index (κ2) is 6.76. The Kier molecular flexibility index (Phi) is 5.01. The first-order chi connectivity index (χ1) is 10.0. The number of aliphatic hydroxyl groups excluding tert-OH is 1. The van der Waals surface area contributed by atoms with Crippen molar-refractivity contribution in [2.24, 2.45) is 0 Å². The van der Waals surface area contributed by atoms with Crippen LogP contribution in [-0.4, -0.2) is 48.9 Å². The molecule has 1 aromatic carbocycles. The molecule has 0 bridgehead atoms. The fourth-order valence-corrected chi connectivity index (χ4v) is 2.56. The van der Waals surface area contributed by atoms with Crippen LogP contribution in [0.25, 0.3) is 0 Å². The first-order valence-corrected chi connectivity index (χ1v) is 7.17. The molecule has 1 atom stereocenters. The predicted octanol–water partition coefficient (Wildman–Crippen LogP) is 2.16. The van der Waals surface area contributed by atoms with E-state index >= 15 is 0 Å². The summed E-state index contributed by atoms with van der Waals surface area (Å²) in [4.78, 5) is 15.3. The molecule has 1 heterocycles. The van der Waals surface area contributed by atoms with Crippen molar-refractivity contribution in [1.82, 2.24) is 4.90 Å². The van der Waals surface area contributed by atoms with E-state index in [1.54, 1.807) is 30.9 Å². The summed E-state index contributed by atoms with van der Waals surface area (Å²) in [6.45, 7) is 5.90. The fraction of sp³-hybridized carbons (Fsp3) is 0.533. The molecule has 1 saturated heterocycles. The molecule has 0 aliphatic carbocycles. The number of rotatable bonds is 3. The van der Waals surface area contributed by atoms with Gasteiger partial charge in [-0.25, -0.2) is 9.18 Å². The van der Waals surface area contributed by atoms with Gasteiger partial charge in [-0.05, 0) is 26.0 Å². The van der Waals surface area contributed by atoms with E-state index in [1.165, 1.54) is 6.07 Å². The van der Waals surface area contributed by atoms with Crippen LogP contribution in [0.2, 0.25) is 0 Å². The molecular weight excluding hydrogens is 275 g/mol. The van der Waals surface area contributed by atoms with Crippen LogP contribution in [0, 0.1) is 5.82 Å². The van der Waals surface area contributed by atoms with Crippen molar-refractivity contribution in [2.75, 3.05) is 37.7 Å². The van der Waals surface area contributed by atoms with E-state index < -0.39 is 11.9 Å². The van der Waals surface area contributed by atoms with Crippen LogP contribution in [-0.2, 0) is 4.74 Å². The molecule has 21 heavy (non-hydrogen) atoms. The minimum Gasteiger partial charge on any atom is -0.450 e. The Hall–Kier alpha value is -1.82. The summed E-state index contributed by atoms with van der Waals surface area (Å²) in [5.41, 5.74) is 0.996. The van der Waals surface area contributed by atoms with Crippen molar-refractivity contribution in [1.29, 1.82) is 0 Å². The summed E-state index contributed by atoms with van der Waals surface area (Å²) >= 11 is 0. The van der Waals surface area contributed by atoms with Crippen LogP contribution >= 0.6 is 0 Å². The minimum atomic E-state index is -0.871. The van der Waals surface area contributed by atoms with Gasteiger partial charge in [0, 0.05) is 37.4 Å². The Morgan fingerprint density at radius 1 is 1.38 bits per heavy atom. The molecule has 6 heteroatoms. The van der Waals surface area contributed by atoms with E-state index in [0.29, 0.717) is 44.0 Å². The molecule has 1 aliphatic rings. The number of anilines is 1. The van der Waals surface area contributed by atoms with Crippen LogP contribution in [0.1, 0.15) is 25.5 Å². The van der Waals surface area contributed by atoms with E-state index in [1.807, 2.05) is 4.90 Å². The topological polar surface area (TPSA) is 53.0 Å². The van der Waals surface area contributed by atoms with Crippen LogP contribution in [0.5, 0.6) is 0 Å². The number of carbonyl (C=O) groups excluding carboxylic acids is 1. The maximum Gasteiger partial charge on any atom is 0.409 e. The second-order valence-electron chi connectivity index (χ2n) is 5.02. The normalized spacial score (nSPS) is 16.8. The summed E-state index contributed by atoms with van der Waals surface area (Å²) in [6, 6.07) is 4.78. The summed E-state index contributed by atoms with van der Waals surface area (Å²) in [6.07, 6.45) is -1.18. The second-order valence-corrected chi connectivity index (χ2v) is 5.02. The summed E-state index contributed by atoms with van der Waals surface area (Å²) in [7, 11) is 0. The van der Waals surface area contributed by atoms with Gasteiger partial charge in [0.1, 0.15) is 5.82 Å². The first kappa shape index (κ1) is 15.6. The fourth-order valence-electron chi connectivity index (χ4n) is 2.56. The SMILES string of the molecule is CCOC(=O)N1CCN(c2cccc(F)c2C(C)O)CC1. The van der Waals surface area contributed by atoms with Gasteiger partial charge in [-0.2, -0.15) is 0 Å². The number of amides is 1. The minimum absolute atomic E-state index is 0.307. The van der Waals surface area contributed by atoms with E-state index in [2.05, 4.69) is 0 Å². The molecular formula is C15H21FN2O3. The molecule has 0 saturated carbocycles. The third-order valence-electron chi connectivity index (χ3n) is 3.59. The number of halogens is 1. The molecule has 2 rings (SSSR count). The lowest BCUT2D eigenvalue weighted by molar-refractivity contribution is 0.105. The highest BCUT2D eigenvalue weighted by molar-refractivity contribution is 5.68. The van der Waals surface area contributed by atoms with Gasteiger partial charge < -0.3 is 19.6 Å². The number of hydrogen-bond donors (Lipinski definition) is 1. The molecule has 1 N–H and O–H groups in total. The number of benzene rings is 1. The molecule has 1 unspecified atom stereocenters. The van der Waals surface area contributed by atoms with Crippen molar-refractivity contribution in [3.8, 4) is 0 Å². The average molecular weight is 296 g/mol. The number of ether oxygens (including phenoxy) is 1.